The van der Waals surface area contributed by atoms with E-state index in [1.165, 1.54) is 0 Å². The van der Waals surface area contributed by atoms with Crippen molar-refractivity contribution < 1.29 is 18.3 Å². The molecule has 0 saturated carbocycles. The molecule has 0 amide bonds. The molecule has 2 rings (SSSR count). The van der Waals surface area contributed by atoms with Crippen LogP contribution >= 0.6 is 0 Å². The molecule has 0 aliphatic heterocycles. The Balaban J connectivity index is 3.24. The van der Waals surface area contributed by atoms with Crippen LogP contribution in [-0.4, -0.2) is 10.1 Å². The largest absolute Gasteiger partial charge is 0.507 e. The number of hydrogen-bond acceptors (Lipinski definition) is 3. The third-order valence-corrected chi connectivity index (χ3v) is 2.16. The van der Waals surface area contributed by atoms with Gasteiger partial charge in [-0.1, -0.05) is 0 Å². The molecule has 1 heterocycles. The molecule has 88 valence electrons. The number of H-pyrrole nitrogens is 1. The second kappa shape index (κ2) is 3.62. The number of aromatic nitrogens is 1. The maximum absolute atomic E-state index is 13.3. The van der Waals surface area contributed by atoms with Gasteiger partial charge in [-0.2, -0.15) is 0 Å². The van der Waals surface area contributed by atoms with Gasteiger partial charge in [0.05, 0.1) is 10.9 Å². The molecule has 1 aromatic heterocycles. The van der Waals surface area contributed by atoms with Crippen molar-refractivity contribution in [2.45, 2.75) is 0 Å². The Labute approximate surface area is 91.0 Å². The highest BCUT2D eigenvalue weighted by Gasteiger charge is 2.16. The number of aromatic amines is 1. The number of benzene rings is 1. The molecule has 0 fully saturated rings. The van der Waals surface area contributed by atoms with Gasteiger partial charge in [0.15, 0.2) is 17.5 Å². The van der Waals surface area contributed by atoms with Gasteiger partial charge in [0, 0.05) is 12.1 Å². The summed E-state index contributed by atoms with van der Waals surface area (Å²) in [5.41, 5.74) is -3.22. The zero-order valence-corrected chi connectivity index (χ0v) is 8.05. The lowest BCUT2D eigenvalue weighted by molar-refractivity contribution is 0.469. The van der Waals surface area contributed by atoms with Gasteiger partial charge in [-0.25, -0.2) is 13.2 Å². The minimum absolute atomic E-state index is 0.206. The number of halogens is 3. The fourth-order valence-electron chi connectivity index (χ4n) is 1.40. The fraction of sp³-hybridized carbons (Fsp3) is 0. The van der Waals surface area contributed by atoms with E-state index in [9.17, 15) is 27.9 Å². The van der Waals surface area contributed by atoms with E-state index in [0.29, 0.717) is 6.07 Å². The second-order valence-corrected chi connectivity index (χ2v) is 3.25. The summed E-state index contributed by atoms with van der Waals surface area (Å²) in [6.45, 7) is 0. The first kappa shape index (κ1) is 11.2. The Morgan fingerprint density at radius 1 is 1.06 bits per heavy atom. The number of nitrogens with one attached hydrogen (secondary N) is 1. The number of rotatable bonds is 0. The standard InChI is InChI=1S/C10H4F3NO3/c11-3-1-4(12)9-7(8(3)13)5(15)2-6(16)10(17)14-9/h1-2,15H,(H,14,16,17). The number of aromatic hydroxyl groups is 1. The van der Waals surface area contributed by atoms with E-state index in [0.717, 1.165) is 0 Å². The monoisotopic (exact) mass is 243 g/mol. The second-order valence-electron chi connectivity index (χ2n) is 3.25. The molecule has 1 aromatic carbocycles. The van der Waals surface area contributed by atoms with Crippen molar-refractivity contribution >= 4 is 10.9 Å². The van der Waals surface area contributed by atoms with Crippen molar-refractivity contribution in [2.75, 3.05) is 0 Å². The van der Waals surface area contributed by atoms with Gasteiger partial charge in [-0.3, -0.25) is 9.59 Å². The minimum Gasteiger partial charge on any atom is -0.507 e. The normalized spacial score (nSPS) is 10.8. The third kappa shape index (κ3) is 1.65. The zero-order chi connectivity index (χ0) is 12.7. The van der Waals surface area contributed by atoms with E-state index in [2.05, 4.69) is 0 Å². The lowest BCUT2D eigenvalue weighted by Crippen LogP contribution is -2.22. The molecular weight excluding hydrogens is 239 g/mol. The predicted octanol–water partition coefficient (Wildman–Crippen LogP) is 1.01. The van der Waals surface area contributed by atoms with Crippen LogP contribution < -0.4 is 11.0 Å². The highest BCUT2D eigenvalue weighted by Crippen LogP contribution is 2.26. The fourth-order valence-corrected chi connectivity index (χ4v) is 1.40. The smallest absolute Gasteiger partial charge is 0.296 e. The van der Waals surface area contributed by atoms with Crippen LogP contribution in [0.4, 0.5) is 13.2 Å². The summed E-state index contributed by atoms with van der Waals surface area (Å²) in [6.07, 6.45) is 0. The first-order valence-electron chi connectivity index (χ1n) is 4.35. The summed E-state index contributed by atoms with van der Waals surface area (Å²) in [5, 5.41) is 8.45. The molecule has 0 radical (unpaired) electrons. The van der Waals surface area contributed by atoms with Gasteiger partial charge in [0.2, 0.25) is 5.43 Å². The molecule has 0 unspecified atom stereocenters. The molecule has 0 aliphatic carbocycles. The first-order chi connectivity index (χ1) is 7.91. The molecule has 17 heavy (non-hydrogen) atoms. The summed E-state index contributed by atoms with van der Waals surface area (Å²) >= 11 is 0. The third-order valence-electron chi connectivity index (χ3n) is 2.16. The van der Waals surface area contributed by atoms with Crippen molar-refractivity contribution in [3.63, 3.8) is 0 Å². The summed E-state index contributed by atoms with van der Waals surface area (Å²) in [7, 11) is 0. The zero-order valence-electron chi connectivity index (χ0n) is 8.05. The van der Waals surface area contributed by atoms with Crippen LogP contribution in [0.2, 0.25) is 0 Å². The van der Waals surface area contributed by atoms with Crippen LogP contribution in [0.1, 0.15) is 0 Å². The highest BCUT2D eigenvalue weighted by molar-refractivity contribution is 5.85. The van der Waals surface area contributed by atoms with Crippen molar-refractivity contribution in [1.29, 1.82) is 0 Å². The van der Waals surface area contributed by atoms with Crippen molar-refractivity contribution in [2.24, 2.45) is 0 Å². The van der Waals surface area contributed by atoms with Crippen LogP contribution in [0, 0.1) is 17.5 Å². The molecule has 0 saturated heterocycles. The van der Waals surface area contributed by atoms with E-state index >= 15 is 0 Å². The molecule has 0 spiro atoms. The summed E-state index contributed by atoms with van der Waals surface area (Å²) in [5.74, 6) is -5.39. The molecule has 4 nitrogen and oxygen atoms in total. The van der Waals surface area contributed by atoms with Gasteiger partial charge >= 0.3 is 0 Å². The topological polar surface area (TPSA) is 70.2 Å². The van der Waals surface area contributed by atoms with E-state index < -0.39 is 45.1 Å². The van der Waals surface area contributed by atoms with Crippen LogP contribution in [0.3, 0.4) is 0 Å². The average Bonchev–Trinajstić information content (AvgIpc) is 2.35. The lowest BCUT2D eigenvalue weighted by Gasteiger charge is -2.00. The van der Waals surface area contributed by atoms with Gasteiger partial charge in [-0.05, 0) is 0 Å². The van der Waals surface area contributed by atoms with Gasteiger partial charge < -0.3 is 10.1 Å². The van der Waals surface area contributed by atoms with Crippen molar-refractivity contribution in [3.05, 3.63) is 50.2 Å². The first-order valence-corrected chi connectivity index (χ1v) is 4.35. The van der Waals surface area contributed by atoms with E-state index in [-0.39, 0.29) is 6.07 Å². The lowest BCUT2D eigenvalue weighted by atomic mass is 10.2. The van der Waals surface area contributed by atoms with Crippen LogP contribution in [0.5, 0.6) is 5.75 Å². The van der Waals surface area contributed by atoms with Crippen LogP contribution in [0.25, 0.3) is 10.9 Å². The van der Waals surface area contributed by atoms with Gasteiger partial charge in [0.25, 0.3) is 5.56 Å². The number of fused-ring (bicyclic) bond motifs is 1. The Morgan fingerprint density at radius 3 is 2.35 bits per heavy atom. The predicted molar refractivity (Wildman–Crippen MR) is 52.4 cm³/mol. The van der Waals surface area contributed by atoms with E-state index in [4.69, 9.17) is 0 Å². The molecule has 2 N–H and O–H groups in total. The number of hydrogen-bond donors (Lipinski definition) is 2. The highest BCUT2D eigenvalue weighted by atomic mass is 19.2. The van der Waals surface area contributed by atoms with Crippen LogP contribution in [-0.2, 0) is 0 Å². The maximum Gasteiger partial charge on any atom is 0.296 e. The van der Waals surface area contributed by atoms with Crippen LogP contribution in [0.15, 0.2) is 21.7 Å². The minimum atomic E-state index is -1.55. The Bertz CT molecular complexity index is 739. The van der Waals surface area contributed by atoms with Gasteiger partial charge in [-0.15, -0.1) is 0 Å². The molecule has 0 bridgehead atoms. The summed E-state index contributed by atoms with van der Waals surface area (Å²) in [6, 6.07) is 0.598. The van der Waals surface area contributed by atoms with E-state index in [1.54, 1.807) is 4.98 Å². The van der Waals surface area contributed by atoms with Crippen molar-refractivity contribution in [3.8, 4) is 5.75 Å². The Kier molecular flexibility index (Phi) is 2.38. The molecule has 2 aromatic rings. The quantitative estimate of drug-likeness (QED) is 0.536. The molecule has 0 atom stereocenters. The summed E-state index contributed by atoms with van der Waals surface area (Å²) < 4.78 is 39.6. The molecule has 0 aliphatic rings. The molecule has 7 heteroatoms. The van der Waals surface area contributed by atoms with Crippen molar-refractivity contribution in [1.82, 2.24) is 4.98 Å². The molecular formula is C10H4F3NO3. The van der Waals surface area contributed by atoms with Gasteiger partial charge in [0.1, 0.15) is 5.75 Å². The SMILES string of the molecule is O=c1cc(O)c2c(F)c(F)cc(F)c2[nH]c1=O. The Hall–Kier alpha value is -2.31. The maximum atomic E-state index is 13.3. The Morgan fingerprint density at radius 2 is 1.71 bits per heavy atom. The average molecular weight is 243 g/mol. The van der Waals surface area contributed by atoms with E-state index in [1.807, 2.05) is 0 Å². The summed E-state index contributed by atoms with van der Waals surface area (Å²) in [4.78, 5) is 23.8.